The Bertz CT molecular complexity index is 861. The van der Waals surface area contributed by atoms with Crippen molar-refractivity contribution in [1.29, 1.82) is 5.26 Å². The molecular formula is C15H8ClN3O. The Morgan fingerprint density at radius 3 is 2.95 bits per heavy atom. The van der Waals surface area contributed by atoms with Crippen molar-refractivity contribution in [3.05, 3.63) is 64.6 Å². The maximum absolute atomic E-state index is 12.5. The molecule has 4 nitrogen and oxygen atoms in total. The molecule has 0 aliphatic carbocycles. The zero-order valence-corrected chi connectivity index (χ0v) is 11.0. The lowest BCUT2D eigenvalue weighted by atomic mass is 10.1. The number of fused-ring (bicyclic) bond motifs is 1. The van der Waals surface area contributed by atoms with E-state index < -0.39 is 0 Å². The Balaban J connectivity index is 2.13. The fourth-order valence-corrected chi connectivity index (χ4v) is 2.21. The highest BCUT2D eigenvalue weighted by atomic mass is 35.5. The van der Waals surface area contributed by atoms with Crippen molar-refractivity contribution >= 4 is 28.3 Å². The highest BCUT2D eigenvalue weighted by Crippen LogP contribution is 2.24. The molecule has 2 heterocycles. The molecule has 0 unspecified atom stereocenters. The monoisotopic (exact) mass is 281 g/mol. The van der Waals surface area contributed by atoms with E-state index in [9.17, 15) is 4.79 Å². The highest BCUT2D eigenvalue weighted by Gasteiger charge is 2.16. The van der Waals surface area contributed by atoms with E-state index >= 15 is 0 Å². The van der Waals surface area contributed by atoms with Crippen LogP contribution in [0.25, 0.3) is 10.9 Å². The number of ketones is 1. The number of benzene rings is 1. The summed E-state index contributed by atoms with van der Waals surface area (Å²) < 4.78 is 0. The molecule has 3 rings (SSSR count). The van der Waals surface area contributed by atoms with Crippen molar-refractivity contribution in [2.75, 3.05) is 0 Å². The maximum Gasteiger partial charge on any atom is 0.213 e. The van der Waals surface area contributed by atoms with Crippen molar-refractivity contribution < 1.29 is 4.79 Å². The third-order valence-electron chi connectivity index (χ3n) is 2.98. The van der Waals surface area contributed by atoms with Gasteiger partial charge >= 0.3 is 0 Å². The number of halogens is 1. The second-order valence-corrected chi connectivity index (χ2v) is 4.68. The van der Waals surface area contributed by atoms with Gasteiger partial charge in [-0.3, -0.25) is 4.79 Å². The third kappa shape index (κ3) is 2.04. The van der Waals surface area contributed by atoms with Crippen LogP contribution >= 0.6 is 11.6 Å². The fourth-order valence-electron chi connectivity index (χ4n) is 2.04. The average molecular weight is 282 g/mol. The average Bonchev–Trinajstić information content (AvgIpc) is 2.89. The van der Waals surface area contributed by atoms with Crippen LogP contribution in [0, 0.1) is 11.3 Å². The van der Waals surface area contributed by atoms with E-state index in [-0.39, 0.29) is 17.2 Å². The maximum atomic E-state index is 12.5. The topological polar surface area (TPSA) is 69.5 Å². The molecule has 20 heavy (non-hydrogen) atoms. The molecule has 0 radical (unpaired) electrons. The summed E-state index contributed by atoms with van der Waals surface area (Å²) in [5.41, 5.74) is 1.78. The predicted molar refractivity (Wildman–Crippen MR) is 75.7 cm³/mol. The number of rotatable bonds is 2. The largest absolute Gasteiger partial charge is 0.360 e. The first-order valence-electron chi connectivity index (χ1n) is 5.87. The summed E-state index contributed by atoms with van der Waals surface area (Å²) in [5, 5.41) is 10.1. The Morgan fingerprint density at radius 2 is 2.15 bits per heavy atom. The van der Waals surface area contributed by atoms with E-state index in [0.29, 0.717) is 10.6 Å². The smallest absolute Gasteiger partial charge is 0.213 e. The van der Waals surface area contributed by atoms with Crippen LogP contribution < -0.4 is 0 Å². The number of hydrogen-bond acceptors (Lipinski definition) is 3. The number of nitrogens with one attached hydrogen (secondary N) is 1. The van der Waals surface area contributed by atoms with Crippen LogP contribution in [-0.2, 0) is 0 Å². The molecule has 0 fully saturated rings. The number of carbonyl (C=O) groups is 1. The normalized spacial score (nSPS) is 10.4. The second kappa shape index (κ2) is 4.80. The van der Waals surface area contributed by atoms with Gasteiger partial charge in [-0.1, -0.05) is 17.7 Å². The predicted octanol–water partition coefficient (Wildman–Crippen LogP) is 3.32. The molecule has 3 aromatic rings. The van der Waals surface area contributed by atoms with Gasteiger partial charge in [0.25, 0.3) is 0 Å². The summed E-state index contributed by atoms with van der Waals surface area (Å²) in [6.07, 6.45) is 1.63. The lowest BCUT2D eigenvalue weighted by Gasteiger charge is -2.00. The number of hydrogen-bond donors (Lipinski definition) is 1. The molecule has 0 bridgehead atoms. The van der Waals surface area contributed by atoms with E-state index in [0.717, 1.165) is 10.9 Å². The summed E-state index contributed by atoms with van der Waals surface area (Å²) >= 11 is 5.96. The number of aromatic nitrogens is 2. The minimum absolute atomic E-state index is 0.216. The van der Waals surface area contributed by atoms with Crippen LogP contribution in [0.3, 0.4) is 0 Å². The van der Waals surface area contributed by atoms with Gasteiger partial charge in [0.1, 0.15) is 17.5 Å². The lowest BCUT2D eigenvalue weighted by molar-refractivity contribution is 0.103. The van der Waals surface area contributed by atoms with Gasteiger partial charge in [-0.25, -0.2) is 4.98 Å². The number of nitriles is 1. The van der Waals surface area contributed by atoms with Crippen molar-refractivity contribution in [3.63, 3.8) is 0 Å². The summed E-state index contributed by atoms with van der Waals surface area (Å²) in [7, 11) is 0. The minimum Gasteiger partial charge on any atom is -0.360 e. The first-order valence-corrected chi connectivity index (χ1v) is 6.25. The molecule has 1 aromatic carbocycles. The SMILES string of the molecule is N#Cc1cccc(C(=O)c2c[nH]c3ccc(Cl)cc23)n1. The molecule has 0 atom stereocenters. The number of pyridine rings is 1. The van der Waals surface area contributed by atoms with Gasteiger partial charge in [0.2, 0.25) is 5.78 Å². The van der Waals surface area contributed by atoms with Crippen LogP contribution in [0.5, 0.6) is 0 Å². The van der Waals surface area contributed by atoms with Crippen LogP contribution in [0.1, 0.15) is 21.7 Å². The van der Waals surface area contributed by atoms with Gasteiger partial charge in [0.05, 0.1) is 0 Å². The van der Waals surface area contributed by atoms with E-state index in [1.807, 2.05) is 12.1 Å². The summed E-state index contributed by atoms with van der Waals surface area (Å²) in [6.45, 7) is 0. The molecule has 0 aliphatic rings. The molecular weight excluding hydrogens is 274 g/mol. The number of carbonyl (C=O) groups excluding carboxylic acids is 1. The van der Waals surface area contributed by atoms with Crippen LogP contribution in [0.2, 0.25) is 5.02 Å². The van der Waals surface area contributed by atoms with E-state index in [2.05, 4.69) is 9.97 Å². The Kier molecular flexibility index (Phi) is 2.97. The summed E-state index contributed by atoms with van der Waals surface area (Å²) in [5.74, 6) is -0.240. The molecule has 0 saturated carbocycles. The van der Waals surface area contributed by atoms with Gasteiger partial charge in [-0.2, -0.15) is 5.26 Å². The summed E-state index contributed by atoms with van der Waals surface area (Å²) in [4.78, 5) is 19.5. The minimum atomic E-state index is -0.240. The van der Waals surface area contributed by atoms with E-state index in [1.54, 1.807) is 36.5 Å². The van der Waals surface area contributed by atoms with E-state index in [1.165, 1.54) is 0 Å². The Labute approximate surface area is 119 Å². The first kappa shape index (κ1) is 12.4. The molecule has 5 heteroatoms. The van der Waals surface area contributed by atoms with Gasteiger partial charge in [0.15, 0.2) is 0 Å². The number of H-pyrrole nitrogens is 1. The number of nitrogens with zero attached hydrogens (tertiary/aromatic N) is 2. The van der Waals surface area contributed by atoms with Crippen LogP contribution in [0.4, 0.5) is 0 Å². The first-order chi connectivity index (χ1) is 9.69. The van der Waals surface area contributed by atoms with Crippen LogP contribution in [-0.4, -0.2) is 15.8 Å². The third-order valence-corrected chi connectivity index (χ3v) is 3.22. The van der Waals surface area contributed by atoms with Crippen molar-refractivity contribution in [2.24, 2.45) is 0 Å². The van der Waals surface area contributed by atoms with E-state index in [4.69, 9.17) is 16.9 Å². The van der Waals surface area contributed by atoms with Crippen molar-refractivity contribution in [1.82, 2.24) is 9.97 Å². The molecule has 2 aromatic heterocycles. The standard InChI is InChI=1S/C15H8ClN3O/c16-9-4-5-13-11(6-9)12(8-18-13)15(20)14-3-1-2-10(7-17)19-14/h1-6,8,18H. The molecule has 1 N–H and O–H groups in total. The Hall–Kier alpha value is -2.64. The lowest BCUT2D eigenvalue weighted by Crippen LogP contribution is -2.04. The molecule has 0 aliphatic heterocycles. The quantitative estimate of drug-likeness (QED) is 0.733. The molecule has 0 spiro atoms. The fraction of sp³-hybridized carbons (Fsp3) is 0. The highest BCUT2D eigenvalue weighted by molar-refractivity contribution is 6.31. The van der Waals surface area contributed by atoms with Crippen molar-refractivity contribution in [2.45, 2.75) is 0 Å². The van der Waals surface area contributed by atoms with Gasteiger partial charge in [-0.05, 0) is 30.3 Å². The molecule has 0 amide bonds. The summed E-state index contributed by atoms with van der Waals surface area (Å²) in [6, 6.07) is 12.0. The molecule has 0 saturated heterocycles. The van der Waals surface area contributed by atoms with Gasteiger partial charge in [-0.15, -0.1) is 0 Å². The van der Waals surface area contributed by atoms with Crippen LogP contribution in [0.15, 0.2) is 42.6 Å². The second-order valence-electron chi connectivity index (χ2n) is 4.24. The van der Waals surface area contributed by atoms with Gasteiger partial charge < -0.3 is 4.98 Å². The van der Waals surface area contributed by atoms with Crippen molar-refractivity contribution in [3.8, 4) is 6.07 Å². The zero-order chi connectivity index (χ0) is 14.1. The zero-order valence-electron chi connectivity index (χ0n) is 10.2. The molecule has 96 valence electrons. The van der Waals surface area contributed by atoms with Gasteiger partial charge in [0, 0.05) is 27.7 Å². The Morgan fingerprint density at radius 1 is 1.30 bits per heavy atom. The number of aromatic amines is 1.